The van der Waals surface area contributed by atoms with Gasteiger partial charge in [-0.3, -0.25) is 5.10 Å². The highest BCUT2D eigenvalue weighted by Crippen LogP contribution is 2.27. The maximum atomic E-state index is 5.89. The van der Waals surface area contributed by atoms with Crippen molar-refractivity contribution in [1.82, 2.24) is 29.7 Å². The molecule has 0 atom stereocenters. The Morgan fingerprint density at radius 3 is 2.70 bits per heavy atom. The fourth-order valence-electron chi connectivity index (χ4n) is 2.24. The van der Waals surface area contributed by atoms with Crippen molar-refractivity contribution in [2.45, 2.75) is 26.8 Å². The van der Waals surface area contributed by atoms with Crippen molar-refractivity contribution in [2.24, 2.45) is 0 Å². The van der Waals surface area contributed by atoms with E-state index >= 15 is 0 Å². The van der Waals surface area contributed by atoms with Gasteiger partial charge in [-0.05, 0) is 18.9 Å². The predicted octanol–water partition coefficient (Wildman–Crippen LogP) is 1.10. The Hall–Kier alpha value is -2.64. The van der Waals surface area contributed by atoms with Crippen LogP contribution in [0.1, 0.15) is 18.9 Å². The van der Waals surface area contributed by atoms with E-state index in [1.165, 1.54) is 0 Å². The Morgan fingerprint density at radius 1 is 1.25 bits per heavy atom. The minimum absolute atomic E-state index is 0.153. The topological polar surface area (TPSA) is 124 Å². The number of nitrogen functional groups attached to an aromatic ring is 2. The molecule has 8 heteroatoms. The van der Waals surface area contributed by atoms with Crippen molar-refractivity contribution in [2.75, 3.05) is 11.5 Å². The first kappa shape index (κ1) is 12.4. The van der Waals surface area contributed by atoms with E-state index < -0.39 is 0 Å². The van der Waals surface area contributed by atoms with E-state index in [1.807, 2.05) is 11.5 Å². The van der Waals surface area contributed by atoms with Crippen LogP contribution in [-0.4, -0.2) is 29.7 Å². The summed E-state index contributed by atoms with van der Waals surface area (Å²) < 4.78 is 1.99. The highest BCUT2D eigenvalue weighted by atomic mass is 15.2. The van der Waals surface area contributed by atoms with Gasteiger partial charge in [-0.2, -0.15) is 15.1 Å². The summed E-state index contributed by atoms with van der Waals surface area (Å²) in [5.74, 6) is 1.20. The zero-order valence-corrected chi connectivity index (χ0v) is 11.4. The van der Waals surface area contributed by atoms with Crippen molar-refractivity contribution in [3.05, 3.63) is 11.8 Å². The molecule has 3 aromatic heterocycles. The summed E-state index contributed by atoms with van der Waals surface area (Å²) in [6.07, 6.45) is 2.70. The van der Waals surface area contributed by atoms with Gasteiger partial charge in [0.2, 0.25) is 5.95 Å². The molecule has 0 bridgehead atoms. The Labute approximate surface area is 115 Å². The molecular formula is C12H16N8. The van der Waals surface area contributed by atoms with E-state index in [4.69, 9.17) is 11.5 Å². The van der Waals surface area contributed by atoms with E-state index in [0.29, 0.717) is 17.0 Å². The van der Waals surface area contributed by atoms with E-state index in [9.17, 15) is 0 Å². The lowest BCUT2D eigenvalue weighted by molar-refractivity contribution is 0.696. The molecule has 0 aliphatic rings. The van der Waals surface area contributed by atoms with Gasteiger partial charge in [-0.15, -0.1) is 0 Å². The molecule has 8 nitrogen and oxygen atoms in total. The highest BCUT2D eigenvalue weighted by molar-refractivity contribution is 5.86. The molecule has 3 aromatic rings. The third-order valence-corrected chi connectivity index (χ3v) is 3.14. The van der Waals surface area contributed by atoms with Gasteiger partial charge in [-0.1, -0.05) is 6.92 Å². The Balaban J connectivity index is 2.34. The van der Waals surface area contributed by atoms with Crippen LogP contribution in [0.4, 0.5) is 11.8 Å². The predicted molar refractivity (Wildman–Crippen MR) is 76.8 cm³/mol. The molecule has 0 unspecified atom stereocenters. The number of aromatic amines is 1. The molecule has 0 spiro atoms. The van der Waals surface area contributed by atoms with Crippen molar-refractivity contribution < 1.29 is 0 Å². The number of nitrogens with one attached hydrogen (secondary N) is 1. The van der Waals surface area contributed by atoms with E-state index in [0.717, 1.165) is 30.0 Å². The number of rotatable bonds is 3. The lowest BCUT2D eigenvalue weighted by Gasteiger charge is -2.06. The second-order valence-electron chi connectivity index (χ2n) is 4.65. The standard InChI is InChI=1S/C12H16N8/c1-3-4-20-10(7-6(2)5-15-19-7)16-8-9(13)17-12(14)18-11(8)20/h5H,3-4H2,1-2H3,(H,15,19)(H4,13,14,17,18). The number of nitrogens with zero attached hydrogens (tertiary/aromatic N) is 5. The molecule has 5 N–H and O–H groups in total. The van der Waals surface area contributed by atoms with Gasteiger partial charge in [0.25, 0.3) is 0 Å². The number of anilines is 2. The van der Waals surface area contributed by atoms with Crippen molar-refractivity contribution >= 4 is 22.9 Å². The maximum Gasteiger partial charge on any atom is 0.224 e. The number of fused-ring (bicyclic) bond motifs is 1. The van der Waals surface area contributed by atoms with Crippen LogP contribution in [0.15, 0.2) is 6.20 Å². The summed E-state index contributed by atoms with van der Waals surface area (Å²) in [4.78, 5) is 12.8. The van der Waals surface area contributed by atoms with Gasteiger partial charge in [0.1, 0.15) is 5.69 Å². The van der Waals surface area contributed by atoms with E-state index in [1.54, 1.807) is 6.20 Å². The fourth-order valence-corrected chi connectivity index (χ4v) is 2.24. The molecule has 0 aromatic carbocycles. The van der Waals surface area contributed by atoms with Crippen LogP contribution >= 0.6 is 0 Å². The summed E-state index contributed by atoms with van der Waals surface area (Å²) in [7, 11) is 0. The monoisotopic (exact) mass is 272 g/mol. The van der Waals surface area contributed by atoms with Crippen molar-refractivity contribution in [3.8, 4) is 11.5 Å². The average Bonchev–Trinajstić information content (AvgIpc) is 2.95. The second-order valence-corrected chi connectivity index (χ2v) is 4.65. The molecule has 3 heterocycles. The molecule has 0 amide bonds. The highest BCUT2D eigenvalue weighted by Gasteiger charge is 2.18. The summed E-state index contributed by atoms with van der Waals surface area (Å²) in [6.45, 7) is 4.82. The molecule has 0 fully saturated rings. The smallest absolute Gasteiger partial charge is 0.224 e. The Kier molecular flexibility index (Phi) is 2.78. The normalized spacial score (nSPS) is 11.3. The fraction of sp³-hybridized carbons (Fsp3) is 0.333. The van der Waals surface area contributed by atoms with Crippen molar-refractivity contribution in [1.29, 1.82) is 0 Å². The summed E-state index contributed by atoms with van der Waals surface area (Å²) in [6, 6.07) is 0. The molecule has 104 valence electrons. The minimum atomic E-state index is 0.153. The van der Waals surface area contributed by atoms with Gasteiger partial charge < -0.3 is 16.0 Å². The van der Waals surface area contributed by atoms with Crippen LogP contribution < -0.4 is 11.5 Å². The number of hydrogen-bond acceptors (Lipinski definition) is 6. The number of hydrogen-bond donors (Lipinski definition) is 3. The third kappa shape index (κ3) is 1.77. The van der Waals surface area contributed by atoms with Gasteiger partial charge in [0, 0.05) is 6.54 Å². The first-order valence-electron chi connectivity index (χ1n) is 6.41. The Bertz CT molecular complexity index is 769. The van der Waals surface area contributed by atoms with Crippen LogP contribution in [0.25, 0.3) is 22.7 Å². The molecule has 0 saturated heterocycles. The number of imidazole rings is 1. The van der Waals surface area contributed by atoms with E-state index in [2.05, 4.69) is 32.1 Å². The van der Waals surface area contributed by atoms with Crippen LogP contribution in [0.3, 0.4) is 0 Å². The molecular weight excluding hydrogens is 256 g/mol. The Morgan fingerprint density at radius 2 is 2.05 bits per heavy atom. The molecule has 0 aliphatic heterocycles. The van der Waals surface area contributed by atoms with Crippen molar-refractivity contribution in [3.63, 3.8) is 0 Å². The second kappa shape index (κ2) is 4.48. The van der Waals surface area contributed by atoms with E-state index in [-0.39, 0.29) is 5.95 Å². The van der Waals surface area contributed by atoms with Gasteiger partial charge >= 0.3 is 0 Å². The number of aryl methyl sites for hydroxylation is 2. The molecule has 0 radical (unpaired) electrons. The summed E-state index contributed by atoms with van der Waals surface area (Å²) >= 11 is 0. The average molecular weight is 272 g/mol. The maximum absolute atomic E-state index is 5.89. The van der Waals surface area contributed by atoms with Crippen LogP contribution in [-0.2, 0) is 6.54 Å². The minimum Gasteiger partial charge on any atom is -0.382 e. The molecule has 0 saturated carbocycles. The quantitative estimate of drug-likeness (QED) is 0.655. The first-order chi connectivity index (χ1) is 9.61. The molecule has 0 aliphatic carbocycles. The summed E-state index contributed by atoms with van der Waals surface area (Å²) in [5.41, 5.74) is 14.7. The van der Waals surface area contributed by atoms with Gasteiger partial charge in [0.15, 0.2) is 22.8 Å². The first-order valence-corrected chi connectivity index (χ1v) is 6.41. The number of nitrogens with two attached hydrogens (primary N) is 2. The lowest BCUT2D eigenvalue weighted by Crippen LogP contribution is -2.04. The van der Waals surface area contributed by atoms with Crippen LogP contribution in [0.5, 0.6) is 0 Å². The van der Waals surface area contributed by atoms with Gasteiger partial charge in [-0.25, -0.2) is 4.98 Å². The van der Waals surface area contributed by atoms with Crippen LogP contribution in [0.2, 0.25) is 0 Å². The lowest BCUT2D eigenvalue weighted by atomic mass is 10.2. The molecule has 3 rings (SSSR count). The largest absolute Gasteiger partial charge is 0.382 e. The van der Waals surface area contributed by atoms with Crippen LogP contribution in [0, 0.1) is 6.92 Å². The zero-order chi connectivity index (χ0) is 14.3. The zero-order valence-electron chi connectivity index (χ0n) is 11.4. The SMILES string of the molecule is CCCn1c(-c2[nH]ncc2C)nc2c(N)nc(N)nc21. The summed E-state index contributed by atoms with van der Waals surface area (Å²) in [5, 5.41) is 7.00. The van der Waals surface area contributed by atoms with Gasteiger partial charge in [0.05, 0.1) is 6.20 Å². The number of aromatic nitrogens is 6. The number of H-pyrrole nitrogens is 1. The molecule has 20 heavy (non-hydrogen) atoms. The third-order valence-electron chi connectivity index (χ3n) is 3.14.